The van der Waals surface area contributed by atoms with Crippen LogP contribution in [0.1, 0.15) is 97.0 Å². The predicted octanol–water partition coefficient (Wildman–Crippen LogP) is 8.74. The van der Waals surface area contributed by atoms with Crippen LogP contribution in [0.4, 0.5) is 0 Å². The molecule has 0 aliphatic heterocycles. The molecule has 0 N–H and O–H groups in total. The Bertz CT molecular complexity index is 643. The van der Waals surface area contributed by atoms with E-state index in [1.807, 2.05) is 11.6 Å². The van der Waals surface area contributed by atoms with Crippen LogP contribution >= 0.6 is 22.7 Å². The molecule has 5 heteroatoms. The van der Waals surface area contributed by atoms with Gasteiger partial charge in [-0.15, -0.1) is 11.3 Å². The number of hydrogen-bond donors (Lipinski definition) is 0. The fourth-order valence-corrected chi connectivity index (χ4v) is 24.9. The van der Waals surface area contributed by atoms with Gasteiger partial charge in [-0.25, -0.2) is 4.98 Å². The standard InChI is InChI=1S/C7H11NS.C7H10NS.3C4H9.Sn/c2*1-6(2)5-7-8-3-4-9-7;3*1-3-4-2;/h3-4,6H,5H2,1-2H3;3,6H,5H2,1-2H3;3*1,3-4H2,2H3;. The summed E-state index contributed by atoms with van der Waals surface area (Å²) in [5.41, 5.74) is 0. The van der Waals surface area contributed by atoms with Gasteiger partial charge in [0.25, 0.3) is 0 Å². The van der Waals surface area contributed by atoms with Gasteiger partial charge in [0.05, 0.1) is 5.01 Å². The van der Waals surface area contributed by atoms with E-state index in [1.165, 1.54) is 55.0 Å². The summed E-state index contributed by atoms with van der Waals surface area (Å²) in [5, 5.41) is 4.68. The monoisotopic (exact) mass is 572 g/mol. The molecule has 0 aliphatic rings. The Balaban J connectivity index is 0.000000442. The third-order valence-electron chi connectivity index (χ3n) is 5.75. The molecule has 0 spiro atoms. The molecule has 0 unspecified atom stereocenters. The molecule has 2 rings (SSSR count). The zero-order valence-corrected chi connectivity index (χ0v) is 25.9. The van der Waals surface area contributed by atoms with E-state index in [0.717, 1.165) is 18.3 Å². The molecule has 2 aromatic rings. The molecule has 0 aliphatic carbocycles. The topological polar surface area (TPSA) is 25.8 Å². The minimum absolute atomic E-state index is 0.727. The van der Waals surface area contributed by atoms with Crippen molar-refractivity contribution < 1.29 is 0 Å². The fourth-order valence-electron chi connectivity index (χ4n) is 3.99. The molecule has 0 atom stereocenters. The summed E-state index contributed by atoms with van der Waals surface area (Å²) in [6, 6.07) is 0. The van der Waals surface area contributed by atoms with E-state index >= 15 is 0 Å². The van der Waals surface area contributed by atoms with Crippen molar-refractivity contribution in [1.82, 2.24) is 9.97 Å². The molecule has 0 saturated carbocycles. The van der Waals surface area contributed by atoms with Crippen molar-refractivity contribution in [2.45, 2.75) is 113 Å². The summed E-state index contributed by atoms with van der Waals surface area (Å²) in [6.45, 7) is 16.1. The van der Waals surface area contributed by atoms with E-state index in [9.17, 15) is 0 Å². The van der Waals surface area contributed by atoms with E-state index in [-0.39, 0.29) is 0 Å². The fraction of sp³-hybridized carbons (Fsp3) is 0.769. The summed E-state index contributed by atoms with van der Waals surface area (Å²) in [4.78, 5) is 8.99. The SMILES string of the molecule is CC(C)Cc1nccs1.CCC[CH2][Sn]([CH2]CCC)([CH2]CCC)[c]1cnc(CC(C)C)s1. The third kappa shape index (κ3) is 11.7. The maximum absolute atomic E-state index is 4.82. The summed E-state index contributed by atoms with van der Waals surface area (Å²) < 4.78 is 6.48. The van der Waals surface area contributed by atoms with Crippen molar-refractivity contribution in [2.24, 2.45) is 11.8 Å². The minimum atomic E-state index is -2.19. The van der Waals surface area contributed by atoms with E-state index in [0.29, 0.717) is 0 Å². The molecule has 0 saturated heterocycles. The molecule has 31 heavy (non-hydrogen) atoms. The molecule has 178 valence electrons. The average Bonchev–Trinajstić information content (AvgIpc) is 3.40. The Morgan fingerprint density at radius 2 is 1.29 bits per heavy atom. The first kappa shape index (κ1) is 29.1. The Kier molecular flexibility index (Phi) is 15.6. The summed E-state index contributed by atoms with van der Waals surface area (Å²) in [7, 11) is 0. The Labute approximate surface area is 205 Å². The number of thiazole rings is 2. The van der Waals surface area contributed by atoms with Gasteiger partial charge in [0, 0.05) is 18.0 Å². The zero-order valence-electron chi connectivity index (χ0n) is 21.4. The number of aromatic nitrogens is 2. The Hall–Kier alpha value is 0.0587. The Morgan fingerprint density at radius 1 is 0.774 bits per heavy atom. The third-order valence-corrected chi connectivity index (χ3v) is 25.7. The first-order valence-corrected chi connectivity index (χ1v) is 21.9. The van der Waals surface area contributed by atoms with Gasteiger partial charge in [-0.2, -0.15) is 0 Å². The second-order valence-corrected chi connectivity index (χ2v) is 26.1. The molecule has 2 aromatic heterocycles. The van der Waals surface area contributed by atoms with Crippen molar-refractivity contribution in [2.75, 3.05) is 0 Å². The average molecular weight is 572 g/mol. The quantitative estimate of drug-likeness (QED) is 0.212. The molecular formula is C26H48N2S2Sn. The molecule has 0 bridgehead atoms. The zero-order chi connectivity index (χ0) is 23.1. The van der Waals surface area contributed by atoms with Crippen LogP contribution < -0.4 is 2.89 Å². The Morgan fingerprint density at radius 3 is 1.71 bits per heavy atom. The van der Waals surface area contributed by atoms with Gasteiger partial charge in [-0.3, -0.25) is 0 Å². The van der Waals surface area contributed by atoms with Crippen molar-refractivity contribution >= 4 is 43.9 Å². The van der Waals surface area contributed by atoms with Crippen LogP contribution in [0.25, 0.3) is 0 Å². The molecule has 0 amide bonds. The first-order valence-electron chi connectivity index (χ1n) is 12.7. The first-order chi connectivity index (χ1) is 14.9. The number of unbranched alkanes of at least 4 members (excludes halogenated alkanes) is 3. The predicted molar refractivity (Wildman–Crippen MR) is 146 cm³/mol. The molecular weight excluding hydrogens is 523 g/mol. The summed E-state index contributed by atoms with van der Waals surface area (Å²) >= 11 is 1.65. The normalized spacial score (nSPS) is 11.8. The van der Waals surface area contributed by atoms with Crippen LogP contribution in [-0.4, -0.2) is 28.3 Å². The van der Waals surface area contributed by atoms with Gasteiger partial charge in [0.15, 0.2) is 0 Å². The van der Waals surface area contributed by atoms with Crippen molar-refractivity contribution in [1.29, 1.82) is 0 Å². The van der Waals surface area contributed by atoms with Crippen molar-refractivity contribution in [3.63, 3.8) is 0 Å². The number of hydrogen-bond acceptors (Lipinski definition) is 4. The molecule has 0 fully saturated rings. The summed E-state index contributed by atoms with van der Waals surface area (Å²) in [5.74, 6) is 1.46. The molecule has 2 nitrogen and oxygen atoms in total. The van der Waals surface area contributed by atoms with E-state index in [4.69, 9.17) is 4.98 Å². The van der Waals surface area contributed by atoms with Crippen LogP contribution in [0.3, 0.4) is 0 Å². The number of nitrogens with zero attached hydrogens (tertiary/aromatic N) is 2. The number of rotatable bonds is 14. The molecule has 2 heterocycles. The molecule has 0 aromatic carbocycles. The van der Waals surface area contributed by atoms with E-state index < -0.39 is 18.4 Å². The van der Waals surface area contributed by atoms with Gasteiger partial charge in [0.1, 0.15) is 0 Å². The van der Waals surface area contributed by atoms with Crippen molar-refractivity contribution in [3.8, 4) is 0 Å². The van der Waals surface area contributed by atoms with Gasteiger partial charge >= 0.3 is 148 Å². The van der Waals surface area contributed by atoms with Crippen LogP contribution in [0.5, 0.6) is 0 Å². The van der Waals surface area contributed by atoms with E-state index in [2.05, 4.69) is 71.0 Å². The van der Waals surface area contributed by atoms with Crippen LogP contribution in [0.15, 0.2) is 17.8 Å². The maximum atomic E-state index is 4.82. The van der Waals surface area contributed by atoms with Crippen LogP contribution in [0, 0.1) is 11.8 Å². The van der Waals surface area contributed by atoms with E-state index in [1.54, 1.807) is 27.5 Å². The van der Waals surface area contributed by atoms with Crippen LogP contribution in [-0.2, 0) is 12.8 Å². The van der Waals surface area contributed by atoms with Crippen molar-refractivity contribution in [3.05, 3.63) is 27.8 Å². The van der Waals surface area contributed by atoms with Crippen LogP contribution in [0.2, 0.25) is 13.3 Å². The summed E-state index contributed by atoms with van der Waals surface area (Å²) in [6.07, 6.45) is 14.9. The van der Waals surface area contributed by atoms with Gasteiger partial charge in [-0.1, -0.05) is 13.8 Å². The van der Waals surface area contributed by atoms with Gasteiger partial charge in [-0.05, 0) is 5.92 Å². The second-order valence-electron chi connectivity index (χ2n) is 9.83. The van der Waals surface area contributed by atoms with Gasteiger partial charge < -0.3 is 0 Å². The van der Waals surface area contributed by atoms with Gasteiger partial charge in [0.2, 0.25) is 0 Å². The molecule has 0 radical (unpaired) electrons. The second kappa shape index (κ2) is 16.6.